The van der Waals surface area contributed by atoms with Crippen LogP contribution in [0.15, 0.2) is 17.1 Å². The van der Waals surface area contributed by atoms with E-state index in [0.717, 1.165) is 0 Å². The first-order chi connectivity index (χ1) is 7.52. The molecular weight excluding hydrogens is 216 g/mol. The number of aromatic amines is 1. The van der Waals surface area contributed by atoms with Gasteiger partial charge in [0, 0.05) is 18.2 Å². The first kappa shape index (κ1) is 11.9. The van der Waals surface area contributed by atoms with Crippen LogP contribution in [0.5, 0.6) is 0 Å². The topological polar surface area (TPSA) is 113 Å². The minimum atomic E-state index is -0.965. The Labute approximate surface area is 89.9 Å². The maximum Gasteiger partial charge on any atom is 0.337 e. The van der Waals surface area contributed by atoms with E-state index in [0.29, 0.717) is 0 Å². The quantitative estimate of drug-likeness (QED) is 0.566. The van der Waals surface area contributed by atoms with Crippen molar-refractivity contribution in [3.05, 3.63) is 38.3 Å². The van der Waals surface area contributed by atoms with Crippen LogP contribution < -0.4 is 5.56 Å². The molecule has 0 spiro atoms. The summed E-state index contributed by atoms with van der Waals surface area (Å²) in [5.41, 5.74) is -1.01. The van der Waals surface area contributed by atoms with E-state index >= 15 is 0 Å². The fourth-order valence-electron chi connectivity index (χ4n) is 1.34. The lowest BCUT2D eigenvalue weighted by molar-refractivity contribution is -0.387. The van der Waals surface area contributed by atoms with Crippen molar-refractivity contribution in [2.24, 2.45) is 0 Å². The van der Waals surface area contributed by atoms with Crippen molar-refractivity contribution in [1.82, 2.24) is 4.98 Å². The molecule has 0 amide bonds. The lowest BCUT2D eigenvalue weighted by Gasteiger charge is -2.00. The molecule has 1 rings (SSSR count). The van der Waals surface area contributed by atoms with Crippen molar-refractivity contribution in [3.8, 4) is 0 Å². The number of hydrogen-bond acceptors (Lipinski definition) is 4. The number of hydrogen-bond donors (Lipinski definition) is 2. The number of H-pyrrole nitrogens is 1. The van der Waals surface area contributed by atoms with Crippen molar-refractivity contribution in [2.75, 3.05) is 0 Å². The molecule has 0 saturated carbocycles. The third-order valence-corrected chi connectivity index (χ3v) is 2.04. The molecule has 16 heavy (non-hydrogen) atoms. The number of carboxylic acids is 1. The molecule has 0 saturated heterocycles. The minimum Gasteiger partial charge on any atom is -0.481 e. The van der Waals surface area contributed by atoms with Crippen LogP contribution in [-0.4, -0.2) is 21.0 Å². The highest BCUT2D eigenvalue weighted by molar-refractivity contribution is 5.66. The van der Waals surface area contributed by atoms with Crippen molar-refractivity contribution in [1.29, 1.82) is 0 Å². The lowest BCUT2D eigenvalue weighted by atomic mass is 10.1. The Bertz CT molecular complexity index is 465. The molecule has 0 aliphatic carbocycles. The van der Waals surface area contributed by atoms with E-state index in [1.807, 2.05) is 0 Å². The number of pyridine rings is 1. The summed E-state index contributed by atoms with van der Waals surface area (Å²) in [5, 5.41) is 19.0. The second-order valence-electron chi connectivity index (χ2n) is 3.19. The maximum atomic E-state index is 11.2. The molecule has 1 heterocycles. The first-order valence-corrected chi connectivity index (χ1v) is 4.59. The van der Waals surface area contributed by atoms with Crippen LogP contribution in [0.1, 0.15) is 18.4 Å². The van der Waals surface area contributed by atoms with Gasteiger partial charge in [-0.2, -0.15) is 0 Å². The molecule has 1 aromatic rings. The van der Waals surface area contributed by atoms with Crippen LogP contribution in [0, 0.1) is 10.1 Å². The van der Waals surface area contributed by atoms with Crippen LogP contribution in [0.25, 0.3) is 0 Å². The van der Waals surface area contributed by atoms with Gasteiger partial charge < -0.3 is 10.1 Å². The zero-order valence-electron chi connectivity index (χ0n) is 8.30. The summed E-state index contributed by atoms with van der Waals surface area (Å²) >= 11 is 0. The number of carboxylic acid groups (broad SMARTS) is 1. The minimum absolute atomic E-state index is 0.0794. The predicted molar refractivity (Wildman–Crippen MR) is 54.3 cm³/mol. The van der Waals surface area contributed by atoms with E-state index < -0.39 is 22.1 Å². The van der Waals surface area contributed by atoms with Crippen LogP contribution in [0.2, 0.25) is 0 Å². The number of nitrogens with zero attached hydrogens (tertiary/aromatic N) is 1. The van der Waals surface area contributed by atoms with Gasteiger partial charge in [-0.15, -0.1) is 0 Å². The van der Waals surface area contributed by atoms with Gasteiger partial charge >= 0.3 is 17.2 Å². The SMILES string of the molecule is O=C(O)CCCc1cc[nH]c(=O)c1[N+](=O)[O-]. The molecule has 7 heteroatoms. The maximum absolute atomic E-state index is 11.2. The largest absolute Gasteiger partial charge is 0.481 e. The van der Waals surface area contributed by atoms with Gasteiger partial charge in [-0.1, -0.05) is 0 Å². The molecule has 0 aliphatic heterocycles. The second-order valence-corrected chi connectivity index (χ2v) is 3.19. The molecule has 0 aromatic carbocycles. The Morgan fingerprint density at radius 2 is 2.25 bits per heavy atom. The third kappa shape index (κ3) is 2.91. The summed E-state index contributed by atoms with van der Waals surface area (Å²) in [5.74, 6) is -0.965. The number of aliphatic carboxylic acids is 1. The van der Waals surface area contributed by atoms with E-state index in [1.165, 1.54) is 12.3 Å². The average Bonchev–Trinajstić information content (AvgIpc) is 2.16. The molecule has 1 aromatic heterocycles. The van der Waals surface area contributed by atoms with Crippen molar-refractivity contribution in [3.63, 3.8) is 0 Å². The Morgan fingerprint density at radius 1 is 1.56 bits per heavy atom. The molecule has 0 fully saturated rings. The predicted octanol–water partition coefficient (Wildman–Crippen LogP) is 0.690. The molecule has 0 radical (unpaired) electrons. The summed E-state index contributed by atoms with van der Waals surface area (Å²) in [6.07, 6.45) is 1.70. The molecule has 0 bridgehead atoms. The number of aryl methyl sites for hydroxylation is 1. The fraction of sp³-hybridized carbons (Fsp3) is 0.333. The second kappa shape index (κ2) is 5.06. The van der Waals surface area contributed by atoms with Gasteiger partial charge in [-0.25, -0.2) is 0 Å². The van der Waals surface area contributed by atoms with E-state index in [4.69, 9.17) is 5.11 Å². The molecule has 0 unspecified atom stereocenters. The molecule has 2 N–H and O–H groups in total. The highest BCUT2D eigenvalue weighted by Crippen LogP contribution is 2.14. The summed E-state index contributed by atoms with van der Waals surface area (Å²) in [6.45, 7) is 0. The Morgan fingerprint density at radius 3 is 2.81 bits per heavy atom. The van der Waals surface area contributed by atoms with Crippen LogP contribution >= 0.6 is 0 Å². The summed E-state index contributed by atoms with van der Waals surface area (Å²) in [4.78, 5) is 33.5. The van der Waals surface area contributed by atoms with Crippen molar-refractivity contribution in [2.45, 2.75) is 19.3 Å². The summed E-state index contributed by atoms with van der Waals surface area (Å²) < 4.78 is 0. The van der Waals surface area contributed by atoms with Crippen LogP contribution in [-0.2, 0) is 11.2 Å². The summed E-state index contributed by atoms with van der Waals surface area (Å²) in [6, 6.07) is 1.42. The number of nitrogens with one attached hydrogen (secondary N) is 1. The number of carbonyl (C=O) groups is 1. The van der Waals surface area contributed by atoms with Crippen LogP contribution in [0.3, 0.4) is 0 Å². The first-order valence-electron chi connectivity index (χ1n) is 4.59. The monoisotopic (exact) mass is 226 g/mol. The van der Waals surface area contributed by atoms with Crippen molar-refractivity contribution >= 4 is 11.7 Å². The lowest BCUT2D eigenvalue weighted by Crippen LogP contribution is -2.13. The third-order valence-electron chi connectivity index (χ3n) is 2.04. The Hall–Kier alpha value is -2.18. The molecule has 0 aliphatic rings. The Balaban J connectivity index is 2.87. The van der Waals surface area contributed by atoms with E-state index in [2.05, 4.69) is 4.98 Å². The van der Waals surface area contributed by atoms with Gasteiger partial charge in [0.2, 0.25) is 0 Å². The smallest absolute Gasteiger partial charge is 0.337 e. The zero-order chi connectivity index (χ0) is 12.1. The number of nitro groups is 1. The fourth-order valence-corrected chi connectivity index (χ4v) is 1.34. The van der Waals surface area contributed by atoms with Crippen molar-refractivity contribution < 1.29 is 14.8 Å². The molecular formula is C9H10N2O5. The van der Waals surface area contributed by atoms with Gasteiger partial charge in [-0.3, -0.25) is 19.7 Å². The standard InChI is InChI=1S/C9H10N2O5/c12-7(13)3-1-2-6-4-5-10-9(14)8(6)11(15)16/h4-5H,1-3H2,(H,10,14)(H,12,13). The summed E-state index contributed by atoms with van der Waals surface area (Å²) in [7, 11) is 0. The number of rotatable bonds is 5. The highest BCUT2D eigenvalue weighted by Gasteiger charge is 2.18. The number of aromatic nitrogens is 1. The van der Waals surface area contributed by atoms with Gasteiger partial charge in [-0.05, 0) is 18.9 Å². The van der Waals surface area contributed by atoms with Gasteiger partial charge in [0.25, 0.3) is 0 Å². The molecule has 0 atom stereocenters. The van der Waals surface area contributed by atoms with Gasteiger partial charge in [0.05, 0.1) is 4.92 Å². The van der Waals surface area contributed by atoms with Crippen LogP contribution in [0.4, 0.5) is 5.69 Å². The van der Waals surface area contributed by atoms with Gasteiger partial charge in [0.15, 0.2) is 0 Å². The normalized spacial score (nSPS) is 10.0. The van der Waals surface area contributed by atoms with E-state index in [1.54, 1.807) is 0 Å². The highest BCUT2D eigenvalue weighted by atomic mass is 16.6. The Kier molecular flexibility index (Phi) is 3.76. The molecule has 7 nitrogen and oxygen atoms in total. The zero-order valence-corrected chi connectivity index (χ0v) is 8.30. The van der Waals surface area contributed by atoms with E-state index in [-0.39, 0.29) is 24.8 Å². The molecule has 86 valence electrons. The average molecular weight is 226 g/mol. The van der Waals surface area contributed by atoms with Gasteiger partial charge in [0.1, 0.15) is 0 Å². The van der Waals surface area contributed by atoms with E-state index in [9.17, 15) is 19.7 Å².